The van der Waals surface area contributed by atoms with Gasteiger partial charge in [0.2, 0.25) is 5.91 Å². The highest BCUT2D eigenvalue weighted by Crippen LogP contribution is 2.15. The molecule has 0 saturated heterocycles. The van der Waals surface area contributed by atoms with Gasteiger partial charge in [0.1, 0.15) is 0 Å². The van der Waals surface area contributed by atoms with Crippen molar-refractivity contribution in [2.45, 2.75) is 19.4 Å². The van der Waals surface area contributed by atoms with E-state index in [1.54, 1.807) is 0 Å². The van der Waals surface area contributed by atoms with Crippen molar-refractivity contribution in [3.63, 3.8) is 0 Å². The zero-order chi connectivity index (χ0) is 18.9. The van der Waals surface area contributed by atoms with Gasteiger partial charge in [0, 0.05) is 30.8 Å². The monoisotopic (exact) mass is 356 g/mol. The summed E-state index contributed by atoms with van der Waals surface area (Å²) >= 11 is 0. The lowest BCUT2D eigenvalue weighted by Crippen LogP contribution is -2.34. The Morgan fingerprint density at radius 2 is 1.73 bits per heavy atom. The van der Waals surface area contributed by atoms with Gasteiger partial charge in [0.15, 0.2) is 0 Å². The van der Waals surface area contributed by atoms with E-state index in [1.165, 1.54) is 24.3 Å². The number of urea groups is 1. The SMILES string of the molecule is CC(NC(=O)CCNC(=O)Nc1ccc([N+](=O)[O-])cc1)c1ccccc1. The first-order valence-corrected chi connectivity index (χ1v) is 8.09. The highest BCUT2D eigenvalue weighted by molar-refractivity contribution is 5.89. The van der Waals surface area contributed by atoms with E-state index in [9.17, 15) is 19.7 Å². The van der Waals surface area contributed by atoms with Crippen LogP contribution < -0.4 is 16.0 Å². The van der Waals surface area contributed by atoms with Gasteiger partial charge in [0.05, 0.1) is 11.0 Å². The first kappa shape index (κ1) is 18.9. The molecule has 0 aliphatic rings. The van der Waals surface area contributed by atoms with Crippen molar-refractivity contribution in [3.8, 4) is 0 Å². The number of nitro groups is 1. The fraction of sp³-hybridized carbons (Fsp3) is 0.222. The highest BCUT2D eigenvalue weighted by atomic mass is 16.6. The van der Waals surface area contributed by atoms with E-state index in [1.807, 2.05) is 37.3 Å². The molecule has 0 radical (unpaired) electrons. The number of benzene rings is 2. The zero-order valence-corrected chi connectivity index (χ0v) is 14.3. The molecule has 2 rings (SSSR count). The van der Waals surface area contributed by atoms with Crippen molar-refractivity contribution >= 4 is 23.3 Å². The van der Waals surface area contributed by atoms with E-state index in [4.69, 9.17) is 0 Å². The Morgan fingerprint density at radius 3 is 2.35 bits per heavy atom. The first-order valence-electron chi connectivity index (χ1n) is 8.09. The third-order valence-corrected chi connectivity index (χ3v) is 3.65. The van der Waals surface area contributed by atoms with E-state index in [0.717, 1.165) is 5.56 Å². The average Bonchev–Trinajstić information content (AvgIpc) is 2.62. The van der Waals surface area contributed by atoms with Crippen molar-refractivity contribution < 1.29 is 14.5 Å². The molecular weight excluding hydrogens is 336 g/mol. The van der Waals surface area contributed by atoms with Gasteiger partial charge in [0.25, 0.3) is 5.69 Å². The number of carbonyl (C=O) groups is 2. The van der Waals surface area contributed by atoms with E-state index in [0.29, 0.717) is 5.69 Å². The predicted octanol–water partition coefficient (Wildman–Crippen LogP) is 2.98. The number of non-ortho nitro benzene ring substituents is 1. The molecule has 0 spiro atoms. The summed E-state index contributed by atoms with van der Waals surface area (Å²) in [6, 6.07) is 14.5. The van der Waals surface area contributed by atoms with Crippen LogP contribution in [-0.4, -0.2) is 23.4 Å². The molecule has 1 atom stereocenters. The molecule has 0 fully saturated rings. The number of anilines is 1. The molecule has 136 valence electrons. The number of nitrogens with one attached hydrogen (secondary N) is 3. The van der Waals surface area contributed by atoms with Crippen molar-refractivity contribution in [3.05, 3.63) is 70.3 Å². The Morgan fingerprint density at radius 1 is 1.08 bits per heavy atom. The maximum absolute atomic E-state index is 11.9. The van der Waals surface area contributed by atoms with Crippen LogP contribution >= 0.6 is 0 Å². The number of hydrogen-bond donors (Lipinski definition) is 3. The predicted molar refractivity (Wildman–Crippen MR) is 97.7 cm³/mol. The lowest BCUT2D eigenvalue weighted by molar-refractivity contribution is -0.384. The summed E-state index contributed by atoms with van der Waals surface area (Å²) in [6.45, 7) is 2.06. The molecule has 0 aromatic heterocycles. The van der Waals surface area contributed by atoms with Crippen LogP contribution in [0, 0.1) is 10.1 Å². The molecule has 0 aliphatic heterocycles. The fourth-order valence-electron chi connectivity index (χ4n) is 2.27. The lowest BCUT2D eigenvalue weighted by atomic mass is 10.1. The van der Waals surface area contributed by atoms with Gasteiger partial charge >= 0.3 is 6.03 Å². The number of rotatable bonds is 7. The van der Waals surface area contributed by atoms with Crippen molar-refractivity contribution in [2.75, 3.05) is 11.9 Å². The Labute approximate surface area is 150 Å². The Kier molecular flexibility index (Phi) is 6.67. The second-order valence-corrected chi connectivity index (χ2v) is 5.63. The molecule has 0 bridgehead atoms. The Hall–Kier alpha value is -3.42. The molecule has 0 aliphatic carbocycles. The molecule has 3 N–H and O–H groups in total. The summed E-state index contributed by atoms with van der Waals surface area (Å²) in [4.78, 5) is 33.7. The molecule has 2 aromatic carbocycles. The van der Waals surface area contributed by atoms with Crippen LogP contribution in [0.25, 0.3) is 0 Å². The maximum Gasteiger partial charge on any atom is 0.319 e. The number of nitrogens with zero attached hydrogens (tertiary/aromatic N) is 1. The molecule has 2 aromatic rings. The minimum Gasteiger partial charge on any atom is -0.350 e. The van der Waals surface area contributed by atoms with Gasteiger partial charge in [-0.05, 0) is 24.6 Å². The second-order valence-electron chi connectivity index (χ2n) is 5.63. The van der Waals surface area contributed by atoms with Crippen LogP contribution in [0.4, 0.5) is 16.2 Å². The number of hydrogen-bond acceptors (Lipinski definition) is 4. The maximum atomic E-state index is 11.9. The summed E-state index contributed by atoms with van der Waals surface area (Å²) in [5, 5.41) is 18.5. The van der Waals surface area contributed by atoms with Crippen LogP contribution in [0.1, 0.15) is 24.9 Å². The standard InChI is InChI=1S/C18H20N4O4/c1-13(14-5-3-2-4-6-14)20-17(23)11-12-19-18(24)21-15-7-9-16(10-8-15)22(25)26/h2-10,13H,11-12H2,1H3,(H,20,23)(H2,19,21,24). The molecule has 0 saturated carbocycles. The molecule has 3 amide bonds. The average molecular weight is 356 g/mol. The molecule has 8 heteroatoms. The van der Waals surface area contributed by atoms with Gasteiger partial charge in [-0.3, -0.25) is 14.9 Å². The van der Waals surface area contributed by atoms with E-state index < -0.39 is 11.0 Å². The highest BCUT2D eigenvalue weighted by Gasteiger charge is 2.10. The van der Waals surface area contributed by atoms with Gasteiger partial charge in [-0.25, -0.2) is 4.79 Å². The molecule has 26 heavy (non-hydrogen) atoms. The Balaban J connectivity index is 1.70. The third-order valence-electron chi connectivity index (χ3n) is 3.65. The van der Waals surface area contributed by atoms with E-state index >= 15 is 0 Å². The smallest absolute Gasteiger partial charge is 0.319 e. The van der Waals surface area contributed by atoms with Crippen molar-refractivity contribution in [1.82, 2.24) is 10.6 Å². The first-order chi connectivity index (χ1) is 12.5. The van der Waals surface area contributed by atoms with Crippen LogP contribution in [0.15, 0.2) is 54.6 Å². The molecular formula is C18H20N4O4. The number of carbonyl (C=O) groups excluding carboxylic acids is 2. The minimum absolute atomic E-state index is 0.0554. The summed E-state index contributed by atoms with van der Waals surface area (Å²) in [7, 11) is 0. The van der Waals surface area contributed by atoms with Crippen LogP contribution in [0.2, 0.25) is 0 Å². The summed E-state index contributed by atoms with van der Waals surface area (Å²) < 4.78 is 0. The van der Waals surface area contributed by atoms with Crippen molar-refractivity contribution in [2.24, 2.45) is 0 Å². The van der Waals surface area contributed by atoms with Gasteiger partial charge in [-0.15, -0.1) is 0 Å². The van der Waals surface area contributed by atoms with Gasteiger partial charge in [-0.1, -0.05) is 30.3 Å². The summed E-state index contributed by atoms with van der Waals surface area (Å²) in [5.74, 6) is -0.169. The Bertz CT molecular complexity index is 763. The normalized spacial score (nSPS) is 11.3. The van der Waals surface area contributed by atoms with E-state index in [-0.39, 0.29) is 30.6 Å². The molecule has 8 nitrogen and oxygen atoms in total. The van der Waals surface area contributed by atoms with Crippen molar-refractivity contribution in [1.29, 1.82) is 0 Å². The zero-order valence-electron chi connectivity index (χ0n) is 14.3. The largest absolute Gasteiger partial charge is 0.350 e. The van der Waals surface area contributed by atoms with Crippen LogP contribution in [0.5, 0.6) is 0 Å². The topological polar surface area (TPSA) is 113 Å². The third kappa shape index (κ3) is 5.90. The minimum atomic E-state index is -0.515. The molecule has 1 unspecified atom stereocenters. The summed E-state index contributed by atoms with van der Waals surface area (Å²) in [6.07, 6.45) is 0.144. The number of nitro benzene ring substituents is 1. The quantitative estimate of drug-likeness (QED) is 0.523. The van der Waals surface area contributed by atoms with Crippen LogP contribution in [-0.2, 0) is 4.79 Å². The lowest BCUT2D eigenvalue weighted by Gasteiger charge is -2.14. The molecule has 0 heterocycles. The summed E-state index contributed by atoms with van der Waals surface area (Å²) in [5.41, 5.74) is 1.38. The fourth-order valence-corrected chi connectivity index (χ4v) is 2.27. The van der Waals surface area contributed by atoms with Gasteiger partial charge in [-0.2, -0.15) is 0 Å². The van der Waals surface area contributed by atoms with Gasteiger partial charge < -0.3 is 16.0 Å². The van der Waals surface area contributed by atoms with Crippen LogP contribution in [0.3, 0.4) is 0 Å². The van der Waals surface area contributed by atoms with E-state index in [2.05, 4.69) is 16.0 Å². The number of amides is 3. The second kappa shape index (κ2) is 9.16.